The van der Waals surface area contributed by atoms with E-state index < -0.39 is 0 Å². The number of hydrogen-bond donors (Lipinski definition) is 1. The van der Waals surface area contributed by atoms with Crippen LogP contribution in [-0.4, -0.2) is 4.92 Å². The predicted molar refractivity (Wildman–Crippen MR) is 40.4 cm³/mol. The Balaban J connectivity index is 2.57. The Morgan fingerprint density at radius 2 is 2.36 bits per heavy atom. The second kappa shape index (κ2) is 1.95. The molecule has 11 heavy (non-hydrogen) atoms. The van der Waals surface area contributed by atoms with Gasteiger partial charge in [-0.3, -0.25) is 10.1 Å². The number of nitrogens with one attached hydrogen (secondary N) is 1. The first-order valence-electron chi connectivity index (χ1n) is 3.29. The molecule has 2 rings (SSSR count). The van der Waals surface area contributed by atoms with Crippen LogP contribution in [0, 0.1) is 10.1 Å². The number of rotatable bonds is 1. The number of hydrogen-bond acceptors (Lipinski definition) is 3. The Kier molecular flexibility index (Phi) is 1.09. The minimum Gasteiger partial charge on any atom is -0.375 e. The molecule has 0 aromatic heterocycles. The summed E-state index contributed by atoms with van der Waals surface area (Å²) in [5.74, 6) is 0. The molecule has 0 saturated carbocycles. The molecule has 56 valence electrons. The van der Waals surface area contributed by atoms with Crippen LogP contribution in [0.2, 0.25) is 0 Å². The van der Waals surface area contributed by atoms with Crippen molar-refractivity contribution in [2.45, 2.75) is 6.54 Å². The lowest BCUT2D eigenvalue weighted by molar-refractivity contribution is -0.384. The Hall–Kier alpha value is -1.58. The SMILES string of the molecule is O=[N+]([O-])c1cccc2c1NC2. The van der Waals surface area contributed by atoms with Gasteiger partial charge in [0.25, 0.3) is 5.69 Å². The molecule has 0 unspecified atom stereocenters. The molecule has 0 spiro atoms. The van der Waals surface area contributed by atoms with Crippen LogP contribution in [0.1, 0.15) is 5.56 Å². The summed E-state index contributed by atoms with van der Waals surface area (Å²) >= 11 is 0. The number of benzene rings is 1. The summed E-state index contributed by atoms with van der Waals surface area (Å²) < 4.78 is 0. The summed E-state index contributed by atoms with van der Waals surface area (Å²) in [5, 5.41) is 13.3. The maximum Gasteiger partial charge on any atom is 0.292 e. The van der Waals surface area contributed by atoms with Crippen molar-refractivity contribution in [1.29, 1.82) is 0 Å². The largest absolute Gasteiger partial charge is 0.375 e. The zero-order valence-corrected chi connectivity index (χ0v) is 5.70. The normalized spacial score (nSPS) is 12.7. The quantitative estimate of drug-likeness (QED) is 0.487. The highest BCUT2D eigenvalue weighted by atomic mass is 16.6. The predicted octanol–water partition coefficient (Wildman–Crippen LogP) is 1.52. The molecular weight excluding hydrogens is 144 g/mol. The third-order valence-corrected chi connectivity index (χ3v) is 1.78. The van der Waals surface area contributed by atoms with E-state index in [4.69, 9.17) is 0 Å². The smallest absolute Gasteiger partial charge is 0.292 e. The Labute approximate surface area is 63.0 Å². The first kappa shape index (κ1) is 6.15. The van der Waals surface area contributed by atoms with Crippen molar-refractivity contribution in [2.75, 3.05) is 5.32 Å². The van der Waals surface area contributed by atoms with Gasteiger partial charge in [0.15, 0.2) is 0 Å². The van der Waals surface area contributed by atoms with Crippen LogP contribution in [0.15, 0.2) is 18.2 Å². The second-order valence-corrected chi connectivity index (χ2v) is 2.42. The summed E-state index contributed by atoms with van der Waals surface area (Å²) in [6.45, 7) is 0.747. The number of para-hydroxylation sites is 1. The van der Waals surface area contributed by atoms with Gasteiger partial charge in [-0.05, 0) is 0 Å². The minimum atomic E-state index is -0.370. The molecule has 1 aliphatic rings. The molecule has 0 aliphatic carbocycles. The third-order valence-electron chi connectivity index (χ3n) is 1.78. The molecule has 1 N–H and O–H groups in total. The monoisotopic (exact) mass is 150 g/mol. The van der Waals surface area contributed by atoms with Crippen molar-refractivity contribution in [1.82, 2.24) is 0 Å². The number of nitro benzene ring substituents is 1. The van der Waals surface area contributed by atoms with E-state index in [1.165, 1.54) is 6.07 Å². The summed E-state index contributed by atoms with van der Waals surface area (Å²) in [7, 11) is 0. The lowest BCUT2D eigenvalue weighted by Crippen LogP contribution is -2.14. The Bertz CT molecular complexity index is 322. The van der Waals surface area contributed by atoms with Gasteiger partial charge in [-0.1, -0.05) is 12.1 Å². The molecule has 0 saturated heterocycles. The van der Waals surface area contributed by atoms with Crippen molar-refractivity contribution < 1.29 is 4.92 Å². The molecule has 0 fully saturated rings. The van der Waals surface area contributed by atoms with Gasteiger partial charge in [0.1, 0.15) is 5.69 Å². The van der Waals surface area contributed by atoms with Crippen molar-refractivity contribution >= 4 is 11.4 Å². The molecule has 4 heteroatoms. The van der Waals surface area contributed by atoms with Crippen LogP contribution in [0.5, 0.6) is 0 Å². The van der Waals surface area contributed by atoms with Crippen molar-refractivity contribution in [3.63, 3.8) is 0 Å². The zero-order chi connectivity index (χ0) is 7.84. The van der Waals surface area contributed by atoms with Crippen LogP contribution in [0.25, 0.3) is 0 Å². The summed E-state index contributed by atoms with van der Waals surface area (Å²) in [6, 6.07) is 5.10. The molecule has 1 aliphatic heterocycles. The van der Waals surface area contributed by atoms with Crippen LogP contribution in [-0.2, 0) is 6.54 Å². The Morgan fingerprint density at radius 3 is 2.82 bits per heavy atom. The van der Waals surface area contributed by atoms with Crippen molar-refractivity contribution in [2.24, 2.45) is 0 Å². The van der Waals surface area contributed by atoms with Gasteiger partial charge in [-0.15, -0.1) is 0 Å². The number of anilines is 1. The third kappa shape index (κ3) is 0.756. The molecule has 0 radical (unpaired) electrons. The molecule has 1 aromatic carbocycles. The van der Waals surface area contributed by atoms with E-state index in [2.05, 4.69) is 5.32 Å². The fourth-order valence-electron chi connectivity index (χ4n) is 1.17. The highest BCUT2D eigenvalue weighted by molar-refractivity contribution is 5.72. The average molecular weight is 150 g/mol. The fourth-order valence-corrected chi connectivity index (χ4v) is 1.17. The summed E-state index contributed by atoms with van der Waals surface area (Å²) in [5.41, 5.74) is 1.88. The van der Waals surface area contributed by atoms with E-state index in [0.717, 1.165) is 12.1 Å². The molecule has 4 nitrogen and oxygen atoms in total. The van der Waals surface area contributed by atoms with Crippen molar-refractivity contribution in [3.8, 4) is 0 Å². The van der Waals surface area contributed by atoms with E-state index in [-0.39, 0.29) is 10.6 Å². The summed E-state index contributed by atoms with van der Waals surface area (Å²) in [4.78, 5) is 10.0. The highest BCUT2D eigenvalue weighted by Gasteiger charge is 2.22. The first-order chi connectivity index (χ1) is 5.29. The molecule has 0 bridgehead atoms. The van der Waals surface area contributed by atoms with E-state index in [0.29, 0.717) is 5.69 Å². The van der Waals surface area contributed by atoms with Crippen LogP contribution >= 0.6 is 0 Å². The van der Waals surface area contributed by atoms with Gasteiger partial charge < -0.3 is 5.32 Å². The average Bonchev–Trinajstić information content (AvgIpc) is 1.90. The Morgan fingerprint density at radius 1 is 1.55 bits per heavy atom. The van der Waals surface area contributed by atoms with Gasteiger partial charge >= 0.3 is 0 Å². The van der Waals surface area contributed by atoms with Crippen LogP contribution < -0.4 is 5.32 Å². The minimum absolute atomic E-state index is 0.175. The van der Waals surface area contributed by atoms with Gasteiger partial charge in [-0.2, -0.15) is 0 Å². The van der Waals surface area contributed by atoms with Gasteiger partial charge in [0, 0.05) is 18.2 Å². The zero-order valence-electron chi connectivity index (χ0n) is 5.70. The molecule has 1 heterocycles. The maximum absolute atomic E-state index is 10.4. The molecule has 1 aromatic rings. The first-order valence-corrected chi connectivity index (χ1v) is 3.29. The van der Waals surface area contributed by atoms with Crippen LogP contribution in [0.4, 0.5) is 11.4 Å². The van der Waals surface area contributed by atoms with E-state index >= 15 is 0 Å². The summed E-state index contributed by atoms with van der Waals surface area (Å²) in [6.07, 6.45) is 0. The van der Waals surface area contributed by atoms with Crippen molar-refractivity contribution in [3.05, 3.63) is 33.9 Å². The number of nitro groups is 1. The molecule has 0 amide bonds. The van der Waals surface area contributed by atoms with Crippen LogP contribution in [0.3, 0.4) is 0 Å². The maximum atomic E-state index is 10.4. The highest BCUT2D eigenvalue weighted by Crippen LogP contribution is 2.34. The van der Waals surface area contributed by atoms with Gasteiger partial charge in [-0.25, -0.2) is 0 Å². The number of nitrogens with zero attached hydrogens (tertiary/aromatic N) is 1. The second-order valence-electron chi connectivity index (χ2n) is 2.42. The lowest BCUT2D eigenvalue weighted by Gasteiger charge is -2.19. The topological polar surface area (TPSA) is 55.2 Å². The standard InChI is InChI=1S/C7H6N2O2/c10-9(11)6-3-1-2-5-4-8-7(5)6/h1-3,8H,4H2. The van der Waals surface area contributed by atoms with Gasteiger partial charge in [0.05, 0.1) is 4.92 Å². The molecular formula is C7H6N2O2. The lowest BCUT2D eigenvalue weighted by atomic mass is 10.1. The van der Waals surface area contributed by atoms with Gasteiger partial charge in [0.2, 0.25) is 0 Å². The fraction of sp³-hybridized carbons (Fsp3) is 0.143. The van der Waals surface area contributed by atoms with E-state index in [1.807, 2.05) is 6.07 Å². The van der Waals surface area contributed by atoms with E-state index in [9.17, 15) is 10.1 Å². The van der Waals surface area contributed by atoms with E-state index in [1.54, 1.807) is 6.07 Å². The molecule has 0 atom stereocenters. The number of fused-ring (bicyclic) bond motifs is 1.